The summed E-state index contributed by atoms with van der Waals surface area (Å²) in [5, 5.41) is 0. The number of hydrogen-bond donors (Lipinski definition) is 1. The molecule has 1 saturated carbocycles. The third-order valence-corrected chi connectivity index (χ3v) is 4.57. The van der Waals surface area contributed by atoms with Crippen LogP contribution in [-0.4, -0.2) is 10.7 Å². The number of hydrogen-bond acceptors (Lipinski definition) is 1. The number of H-pyrrole nitrogens is 1. The second-order valence-electron chi connectivity index (χ2n) is 4.51. The Labute approximate surface area is 89.7 Å². The molecule has 1 nitrogen and oxygen atoms in total. The van der Waals surface area contributed by atoms with Crippen LogP contribution >= 0.6 is 11.8 Å². The normalized spacial score (nSPS) is 22.6. The lowest BCUT2D eigenvalue weighted by Gasteiger charge is -2.09. The summed E-state index contributed by atoms with van der Waals surface area (Å²) in [5.41, 5.74) is 4.66. The molecule has 2 aliphatic rings. The van der Waals surface area contributed by atoms with E-state index in [1.807, 2.05) is 0 Å². The first-order chi connectivity index (χ1) is 6.93. The van der Waals surface area contributed by atoms with Gasteiger partial charge in [-0.15, -0.1) is 0 Å². The van der Waals surface area contributed by atoms with Crippen LogP contribution in [0.4, 0.5) is 0 Å². The molecular weight excluding hydrogens is 190 g/mol. The van der Waals surface area contributed by atoms with Gasteiger partial charge in [0.15, 0.2) is 0 Å². The van der Waals surface area contributed by atoms with E-state index in [1.165, 1.54) is 55.0 Å². The van der Waals surface area contributed by atoms with E-state index in [2.05, 4.69) is 22.8 Å². The molecule has 1 aliphatic heterocycles. The van der Waals surface area contributed by atoms with Gasteiger partial charge in [-0.2, -0.15) is 11.8 Å². The topological polar surface area (TPSA) is 15.8 Å². The van der Waals surface area contributed by atoms with Crippen molar-refractivity contribution in [3.63, 3.8) is 0 Å². The van der Waals surface area contributed by atoms with E-state index in [1.54, 1.807) is 5.56 Å². The van der Waals surface area contributed by atoms with Gasteiger partial charge in [0, 0.05) is 17.1 Å². The Morgan fingerprint density at radius 3 is 2.93 bits per heavy atom. The third-order valence-electron chi connectivity index (χ3n) is 3.56. The molecule has 76 valence electrons. The van der Waals surface area contributed by atoms with Crippen molar-refractivity contribution in [1.82, 2.24) is 4.98 Å². The Balaban J connectivity index is 1.87. The molecule has 1 fully saturated rings. The smallest absolute Gasteiger partial charge is 0.0202 e. The number of aromatic amines is 1. The van der Waals surface area contributed by atoms with Crippen molar-refractivity contribution in [2.45, 2.75) is 43.8 Å². The molecule has 0 atom stereocenters. The molecule has 0 aromatic carbocycles. The van der Waals surface area contributed by atoms with Crippen LogP contribution < -0.4 is 0 Å². The van der Waals surface area contributed by atoms with Crippen molar-refractivity contribution < 1.29 is 0 Å². The molecule has 0 amide bonds. The van der Waals surface area contributed by atoms with E-state index in [0.29, 0.717) is 0 Å². The summed E-state index contributed by atoms with van der Waals surface area (Å²) in [5.74, 6) is 3.39. The van der Waals surface area contributed by atoms with E-state index < -0.39 is 0 Å². The molecular formula is C12H17NS. The molecule has 2 heterocycles. The fourth-order valence-corrected chi connectivity index (χ4v) is 3.70. The maximum Gasteiger partial charge on any atom is 0.0202 e. The van der Waals surface area contributed by atoms with Crippen LogP contribution in [0.2, 0.25) is 0 Å². The molecule has 0 unspecified atom stereocenters. The summed E-state index contributed by atoms with van der Waals surface area (Å²) in [6.45, 7) is 0. The minimum Gasteiger partial charge on any atom is -0.362 e. The highest BCUT2D eigenvalue weighted by molar-refractivity contribution is 7.98. The summed E-state index contributed by atoms with van der Waals surface area (Å²) in [6.07, 6.45) is 6.94. The summed E-state index contributed by atoms with van der Waals surface area (Å²) in [6, 6.07) is 2.44. The summed E-state index contributed by atoms with van der Waals surface area (Å²) >= 11 is 2.07. The van der Waals surface area contributed by atoms with E-state index in [4.69, 9.17) is 0 Å². The SMILES string of the molecule is c1c(C2CCCC2)[nH]c2c1CSCC2. The Morgan fingerprint density at radius 1 is 1.29 bits per heavy atom. The van der Waals surface area contributed by atoms with Gasteiger partial charge in [0.1, 0.15) is 0 Å². The van der Waals surface area contributed by atoms with E-state index in [9.17, 15) is 0 Å². The van der Waals surface area contributed by atoms with Crippen LogP contribution in [0.1, 0.15) is 48.6 Å². The Kier molecular flexibility index (Phi) is 2.32. The lowest BCUT2D eigenvalue weighted by atomic mass is 10.0. The first-order valence-electron chi connectivity index (χ1n) is 5.72. The van der Waals surface area contributed by atoms with Crippen molar-refractivity contribution in [3.05, 3.63) is 23.0 Å². The van der Waals surface area contributed by atoms with E-state index >= 15 is 0 Å². The highest BCUT2D eigenvalue weighted by Crippen LogP contribution is 2.36. The van der Waals surface area contributed by atoms with Crippen LogP contribution in [0.5, 0.6) is 0 Å². The lowest BCUT2D eigenvalue weighted by molar-refractivity contribution is 0.699. The molecule has 1 aliphatic carbocycles. The summed E-state index contributed by atoms with van der Waals surface area (Å²) < 4.78 is 0. The molecule has 3 rings (SSSR count). The average molecular weight is 207 g/mol. The molecule has 0 radical (unpaired) electrons. The van der Waals surface area contributed by atoms with Crippen LogP contribution in [0.3, 0.4) is 0 Å². The van der Waals surface area contributed by atoms with Gasteiger partial charge in [0.2, 0.25) is 0 Å². The molecule has 0 spiro atoms. The first-order valence-corrected chi connectivity index (χ1v) is 6.87. The summed E-state index contributed by atoms with van der Waals surface area (Å²) in [4.78, 5) is 3.66. The largest absolute Gasteiger partial charge is 0.362 e. The van der Waals surface area contributed by atoms with Crippen molar-refractivity contribution in [2.75, 3.05) is 5.75 Å². The minimum absolute atomic E-state index is 0.852. The highest BCUT2D eigenvalue weighted by atomic mass is 32.2. The maximum atomic E-state index is 3.66. The van der Waals surface area contributed by atoms with Gasteiger partial charge in [-0.25, -0.2) is 0 Å². The van der Waals surface area contributed by atoms with Gasteiger partial charge in [0.05, 0.1) is 0 Å². The highest BCUT2D eigenvalue weighted by Gasteiger charge is 2.21. The number of thioether (sulfide) groups is 1. The van der Waals surface area contributed by atoms with Crippen molar-refractivity contribution in [3.8, 4) is 0 Å². The Morgan fingerprint density at radius 2 is 2.14 bits per heavy atom. The Hall–Kier alpha value is -0.370. The molecule has 1 N–H and O–H groups in total. The van der Waals surface area contributed by atoms with Crippen LogP contribution in [-0.2, 0) is 12.2 Å². The quantitative estimate of drug-likeness (QED) is 0.745. The van der Waals surface area contributed by atoms with Crippen LogP contribution in [0, 0.1) is 0 Å². The summed E-state index contributed by atoms with van der Waals surface area (Å²) in [7, 11) is 0. The van der Waals surface area contributed by atoms with E-state index in [0.717, 1.165) is 5.92 Å². The zero-order valence-corrected chi connectivity index (χ0v) is 9.33. The predicted octanol–water partition coefficient (Wildman–Crippen LogP) is 3.46. The number of aromatic nitrogens is 1. The van der Waals surface area contributed by atoms with Gasteiger partial charge in [-0.05, 0) is 42.6 Å². The molecule has 1 aromatic heterocycles. The molecule has 14 heavy (non-hydrogen) atoms. The second-order valence-corrected chi connectivity index (χ2v) is 5.62. The van der Waals surface area contributed by atoms with Crippen LogP contribution in [0.15, 0.2) is 6.07 Å². The zero-order valence-electron chi connectivity index (χ0n) is 8.51. The van der Waals surface area contributed by atoms with Gasteiger partial charge in [0.25, 0.3) is 0 Å². The van der Waals surface area contributed by atoms with Crippen molar-refractivity contribution in [2.24, 2.45) is 0 Å². The van der Waals surface area contributed by atoms with Crippen LogP contribution in [0.25, 0.3) is 0 Å². The molecule has 1 aromatic rings. The zero-order chi connectivity index (χ0) is 9.38. The third kappa shape index (κ3) is 1.50. The van der Waals surface area contributed by atoms with Gasteiger partial charge < -0.3 is 4.98 Å². The molecule has 0 saturated heterocycles. The standard InChI is InChI=1S/C12H17NS/c1-2-4-9(3-1)12-7-10-8-14-6-5-11(10)13-12/h7,9,13H,1-6,8H2. The lowest BCUT2D eigenvalue weighted by Crippen LogP contribution is -2.00. The average Bonchev–Trinajstić information content (AvgIpc) is 2.86. The van der Waals surface area contributed by atoms with Gasteiger partial charge in [-0.1, -0.05) is 12.8 Å². The molecule has 0 bridgehead atoms. The van der Waals surface area contributed by atoms with E-state index in [-0.39, 0.29) is 0 Å². The van der Waals surface area contributed by atoms with Crippen molar-refractivity contribution in [1.29, 1.82) is 0 Å². The van der Waals surface area contributed by atoms with Gasteiger partial charge >= 0.3 is 0 Å². The maximum absolute atomic E-state index is 3.66. The fraction of sp³-hybridized carbons (Fsp3) is 0.667. The monoisotopic (exact) mass is 207 g/mol. The minimum atomic E-state index is 0.852. The fourth-order valence-electron chi connectivity index (χ4n) is 2.73. The van der Waals surface area contributed by atoms with Gasteiger partial charge in [-0.3, -0.25) is 0 Å². The number of rotatable bonds is 1. The molecule has 2 heteroatoms. The van der Waals surface area contributed by atoms with Crippen molar-refractivity contribution >= 4 is 11.8 Å². The predicted molar refractivity (Wildman–Crippen MR) is 61.9 cm³/mol. The number of nitrogens with one attached hydrogen (secondary N) is 1. The number of aryl methyl sites for hydroxylation is 1. The first kappa shape index (κ1) is 8.90. The second kappa shape index (κ2) is 3.65. The number of fused-ring (bicyclic) bond motifs is 1. The Bertz CT molecular complexity index is 300.